The van der Waals surface area contributed by atoms with E-state index >= 15 is 0 Å². The average Bonchev–Trinajstić information content (AvgIpc) is 2.47. The number of nitrogens with zero attached hydrogens (tertiary/aromatic N) is 2. The monoisotopic (exact) mass is 338 g/mol. The molecule has 0 heterocycles. The van der Waals surface area contributed by atoms with Crippen LogP contribution >= 0.6 is 0 Å². The van der Waals surface area contributed by atoms with Crippen molar-refractivity contribution in [3.05, 3.63) is 42.5 Å². The zero-order valence-electron chi connectivity index (χ0n) is 13.7. The Hall–Kier alpha value is -1.99. The second-order valence-electron chi connectivity index (χ2n) is 5.40. The fourth-order valence-corrected chi connectivity index (χ4v) is 3.22. The molecule has 0 aliphatic rings. The van der Waals surface area contributed by atoms with Gasteiger partial charge in [-0.25, -0.2) is 8.42 Å². The van der Waals surface area contributed by atoms with E-state index in [-0.39, 0.29) is 30.3 Å². The first-order valence-corrected chi connectivity index (χ1v) is 8.52. The van der Waals surface area contributed by atoms with Crippen molar-refractivity contribution in [2.75, 3.05) is 27.2 Å². The highest BCUT2D eigenvalue weighted by atomic mass is 32.2. The number of aryl methyl sites for hydroxylation is 1. The Labute approximate surface area is 137 Å². The maximum absolute atomic E-state index is 12.6. The number of carbonyl (C=O) groups excluding carboxylic acids is 2. The van der Waals surface area contributed by atoms with E-state index in [0.29, 0.717) is 0 Å². The maximum Gasteiger partial charge on any atom is 0.243 e. The van der Waals surface area contributed by atoms with Crippen molar-refractivity contribution >= 4 is 21.7 Å². The Morgan fingerprint density at radius 2 is 1.74 bits per heavy atom. The molecular weight excluding hydrogens is 316 g/mol. The summed E-state index contributed by atoms with van der Waals surface area (Å²) < 4.78 is 26.3. The summed E-state index contributed by atoms with van der Waals surface area (Å²) in [5.41, 5.74) is 0.937. The molecule has 23 heavy (non-hydrogen) atoms. The number of hydrogen-bond acceptors (Lipinski definition) is 4. The third-order valence-corrected chi connectivity index (χ3v) is 5.02. The lowest BCUT2D eigenvalue weighted by Gasteiger charge is -2.20. The molecule has 1 aromatic rings. The molecule has 1 rings (SSSR count). The van der Waals surface area contributed by atoms with Gasteiger partial charge < -0.3 is 4.90 Å². The van der Waals surface area contributed by atoms with Gasteiger partial charge in [0.15, 0.2) is 5.78 Å². The van der Waals surface area contributed by atoms with Crippen LogP contribution in [-0.4, -0.2) is 56.5 Å². The summed E-state index contributed by atoms with van der Waals surface area (Å²) in [4.78, 5) is 25.0. The van der Waals surface area contributed by atoms with Crippen LogP contribution in [0.5, 0.6) is 0 Å². The van der Waals surface area contributed by atoms with Crippen molar-refractivity contribution in [1.82, 2.24) is 9.21 Å². The predicted molar refractivity (Wildman–Crippen MR) is 88.5 cm³/mol. The van der Waals surface area contributed by atoms with Gasteiger partial charge in [0.25, 0.3) is 0 Å². The van der Waals surface area contributed by atoms with Crippen molar-refractivity contribution in [3.63, 3.8) is 0 Å². The number of benzene rings is 1. The first-order valence-electron chi connectivity index (χ1n) is 7.08. The van der Waals surface area contributed by atoms with Crippen LogP contribution in [0.1, 0.15) is 12.0 Å². The van der Waals surface area contributed by atoms with Crippen LogP contribution in [0.3, 0.4) is 0 Å². The van der Waals surface area contributed by atoms with E-state index in [2.05, 4.69) is 6.58 Å². The van der Waals surface area contributed by atoms with Crippen LogP contribution in [-0.2, 0) is 19.6 Å². The highest BCUT2D eigenvalue weighted by Gasteiger charge is 2.26. The van der Waals surface area contributed by atoms with Gasteiger partial charge >= 0.3 is 0 Å². The minimum Gasteiger partial charge on any atom is -0.348 e. The van der Waals surface area contributed by atoms with Gasteiger partial charge in [-0.05, 0) is 19.1 Å². The van der Waals surface area contributed by atoms with Crippen molar-refractivity contribution in [2.24, 2.45) is 0 Å². The third-order valence-electron chi connectivity index (χ3n) is 3.19. The number of ketones is 1. The van der Waals surface area contributed by atoms with Gasteiger partial charge in [0.1, 0.15) is 0 Å². The van der Waals surface area contributed by atoms with E-state index in [4.69, 9.17) is 0 Å². The molecule has 0 aromatic heterocycles. The van der Waals surface area contributed by atoms with Crippen molar-refractivity contribution in [1.29, 1.82) is 0 Å². The third kappa shape index (κ3) is 5.30. The molecule has 0 spiro atoms. The summed E-state index contributed by atoms with van der Waals surface area (Å²) in [6, 6.07) is 6.37. The minimum atomic E-state index is -3.81. The summed E-state index contributed by atoms with van der Waals surface area (Å²) in [6.45, 7) is 5.02. The summed E-state index contributed by atoms with van der Waals surface area (Å²) in [5, 5.41) is 0. The molecule has 0 radical (unpaired) electrons. The largest absolute Gasteiger partial charge is 0.348 e. The molecule has 0 N–H and O–H groups in total. The Kier molecular flexibility index (Phi) is 6.65. The molecule has 0 bridgehead atoms. The van der Waals surface area contributed by atoms with Crippen molar-refractivity contribution in [3.8, 4) is 0 Å². The molecule has 0 fully saturated rings. The first-order chi connectivity index (χ1) is 10.7. The summed E-state index contributed by atoms with van der Waals surface area (Å²) in [6.07, 6.45) is 1.08. The Bertz CT molecular complexity index is 679. The molecule has 0 saturated heterocycles. The molecule has 7 heteroatoms. The predicted octanol–water partition coefficient (Wildman–Crippen LogP) is 1.22. The van der Waals surface area contributed by atoms with Crippen LogP contribution in [0.4, 0.5) is 0 Å². The number of sulfonamides is 1. The first kappa shape index (κ1) is 19.1. The minimum absolute atomic E-state index is 0.00188. The fraction of sp³-hybridized carbons (Fsp3) is 0.375. The lowest BCUT2D eigenvalue weighted by molar-refractivity contribution is -0.133. The number of rotatable bonds is 8. The Balaban J connectivity index is 2.96. The Morgan fingerprint density at radius 3 is 2.22 bits per heavy atom. The molecule has 0 unspecified atom stereocenters. The molecule has 0 saturated carbocycles. The maximum atomic E-state index is 12.6. The highest BCUT2D eigenvalue weighted by Crippen LogP contribution is 2.16. The molecular formula is C16H22N2O4S. The van der Waals surface area contributed by atoms with Crippen LogP contribution in [0.2, 0.25) is 0 Å². The number of Topliss-reactive ketones (excluding diaryl/α,β-unsaturated/α-hetero) is 1. The smallest absolute Gasteiger partial charge is 0.243 e. The molecule has 1 amide bonds. The van der Waals surface area contributed by atoms with E-state index in [1.807, 2.05) is 6.92 Å². The normalized spacial score (nSPS) is 11.3. The zero-order valence-corrected chi connectivity index (χ0v) is 14.5. The standard InChI is InChI=1S/C16H22N2O4S/c1-5-10-18(12-14(19)11-16(20)17(3)4)23(21,22)15-8-6-13(2)7-9-15/h5-9H,1,10-12H2,2-4H3. The van der Waals surface area contributed by atoms with Gasteiger partial charge in [-0.3, -0.25) is 9.59 Å². The lowest BCUT2D eigenvalue weighted by Crippen LogP contribution is -2.37. The molecule has 0 aliphatic carbocycles. The second-order valence-corrected chi connectivity index (χ2v) is 7.34. The van der Waals surface area contributed by atoms with E-state index in [1.54, 1.807) is 26.2 Å². The zero-order chi connectivity index (χ0) is 17.6. The topological polar surface area (TPSA) is 74.8 Å². The van der Waals surface area contributed by atoms with Gasteiger partial charge in [-0.1, -0.05) is 23.8 Å². The van der Waals surface area contributed by atoms with Crippen LogP contribution in [0, 0.1) is 6.92 Å². The average molecular weight is 338 g/mol. The van der Waals surface area contributed by atoms with Gasteiger partial charge in [0, 0.05) is 20.6 Å². The quantitative estimate of drug-likeness (QED) is 0.528. The van der Waals surface area contributed by atoms with Gasteiger partial charge in [0.05, 0.1) is 17.9 Å². The number of hydrogen-bond donors (Lipinski definition) is 0. The Morgan fingerprint density at radius 1 is 1.17 bits per heavy atom. The summed E-state index contributed by atoms with van der Waals surface area (Å²) >= 11 is 0. The van der Waals surface area contributed by atoms with Gasteiger partial charge in [-0.2, -0.15) is 4.31 Å². The van der Waals surface area contributed by atoms with Crippen molar-refractivity contribution in [2.45, 2.75) is 18.2 Å². The second kappa shape index (κ2) is 8.03. The van der Waals surface area contributed by atoms with E-state index < -0.39 is 15.8 Å². The fourth-order valence-electron chi connectivity index (χ4n) is 1.83. The summed E-state index contributed by atoms with van der Waals surface area (Å²) in [7, 11) is -0.731. The lowest BCUT2D eigenvalue weighted by atomic mass is 10.2. The van der Waals surface area contributed by atoms with Crippen LogP contribution in [0.25, 0.3) is 0 Å². The van der Waals surface area contributed by atoms with Crippen molar-refractivity contribution < 1.29 is 18.0 Å². The highest BCUT2D eigenvalue weighted by molar-refractivity contribution is 7.89. The molecule has 6 nitrogen and oxygen atoms in total. The van der Waals surface area contributed by atoms with E-state index in [1.165, 1.54) is 23.1 Å². The number of amides is 1. The SMILES string of the molecule is C=CCN(CC(=O)CC(=O)N(C)C)S(=O)(=O)c1ccc(C)cc1. The van der Waals surface area contributed by atoms with E-state index in [0.717, 1.165) is 9.87 Å². The van der Waals surface area contributed by atoms with Crippen LogP contribution < -0.4 is 0 Å². The van der Waals surface area contributed by atoms with Gasteiger partial charge in [-0.15, -0.1) is 6.58 Å². The van der Waals surface area contributed by atoms with E-state index in [9.17, 15) is 18.0 Å². The summed E-state index contributed by atoms with van der Waals surface area (Å²) in [5.74, 6) is -0.817. The molecule has 126 valence electrons. The molecule has 0 atom stereocenters. The van der Waals surface area contributed by atoms with Crippen LogP contribution in [0.15, 0.2) is 41.8 Å². The molecule has 0 aliphatic heterocycles. The van der Waals surface area contributed by atoms with Gasteiger partial charge in [0.2, 0.25) is 15.9 Å². The number of carbonyl (C=O) groups is 2. The molecule has 1 aromatic carbocycles.